The normalized spacial score (nSPS) is 43.4. The molecule has 2 aliphatic carbocycles. The van der Waals surface area contributed by atoms with E-state index in [-0.39, 0.29) is 23.5 Å². The smallest absolute Gasteiger partial charge is 0.133 e. The number of allylic oxidation sites excluding steroid dienone is 2. The summed E-state index contributed by atoms with van der Waals surface area (Å²) in [5.41, 5.74) is 0. The fourth-order valence-electron chi connectivity index (χ4n) is 2.53. The van der Waals surface area contributed by atoms with Crippen LogP contribution in [0.25, 0.3) is 0 Å². The number of carbonyl (C=O) groups excluding carboxylic acids is 2. The number of rotatable bonds is 2. The van der Waals surface area contributed by atoms with Crippen molar-refractivity contribution in [2.45, 2.75) is 13.3 Å². The van der Waals surface area contributed by atoms with Gasteiger partial charge in [0.05, 0.1) is 0 Å². The molecule has 0 radical (unpaired) electrons. The van der Waals surface area contributed by atoms with Gasteiger partial charge in [-0.2, -0.15) is 0 Å². The highest BCUT2D eigenvalue weighted by atomic mass is 16.1. The van der Waals surface area contributed by atoms with Crippen LogP contribution in [0.1, 0.15) is 13.3 Å². The third-order valence-corrected chi connectivity index (χ3v) is 3.19. The summed E-state index contributed by atoms with van der Waals surface area (Å²) in [6, 6.07) is 0. The van der Waals surface area contributed by atoms with Gasteiger partial charge in [-0.1, -0.05) is 12.2 Å². The Labute approximate surface area is 71.6 Å². The van der Waals surface area contributed by atoms with Gasteiger partial charge in [0.1, 0.15) is 12.1 Å². The van der Waals surface area contributed by atoms with E-state index < -0.39 is 0 Å². The molecule has 0 aliphatic heterocycles. The summed E-state index contributed by atoms with van der Waals surface area (Å²) in [6.07, 6.45) is 6.03. The van der Waals surface area contributed by atoms with Crippen LogP contribution in [0, 0.1) is 23.7 Å². The number of carbonyl (C=O) groups is 2. The molecule has 0 heterocycles. The fourth-order valence-corrected chi connectivity index (χ4v) is 2.53. The predicted octanol–water partition coefficient (Wildman–Crippen LogP) is 1.21. The van der Waals surface area contributed by atoms with E-state index in [2.05, 4.69) is 6.08 Å². The summed E-state index contributed by atoms with van der Waals surface area (Å²) in [5.74, 6) is 1.01. The molecule has 1 fully saturated rings. The van der Waals surface area contributed by atoms with E-state index in [0.29, 0.717) is 5.92 Å². The zero-order valence-corrected chi connectivity index (χ0v) is 7.07. The molecule has 64 valence electrons. The molecule has 0 N–H and O–H groups in total. The van der Waals surface area contributed by atoms with Gasteiger partial charge in [-0.3, -0.25) is 4.79 Å². The SMILES string of the molecule is CC(=O)[C@H]1C[C@H]2C=C[C@@H]1[C@@H]2C=O. The second-order valence-electron chi connectivity index (χ2n) is 3.79. The Bertz CT molecular complexity index is 255. The van der Waals surface area contributed by atoms with Gasteiger partial charge < -0.3 is 4.79 Å². The van der Waals surface area contributed by atoms with E-state index in [4.69, 9.17) is 0 Å². The van der Waals surface area contributed by atoms with Crippen molar-refractivity contribution in [3.8, 4) is 0 Å². The molecule has 0 aromatic heterocycles. The lowest BCUT2D eigenvalue weighted by Crippen LogP contribution is -2.18. The molecule has 0 aromatic carbocycles. The van der Waals surface area contributed by atoms with Crippen molar-refractivity contribution in [2.24, 2.45) is 23.7 Å². The lowest BCUT2D eigenvalue weighted by molar-refractivity contribution is -0.121. The van der Waals surface area contributed by atoms with E-state index >= 15 is 0 Å². The summed E-state index contributed by atoms with van der Waals surface area (Å²) >= 11 is 0. The zero-order chi connectivity index (χ0) is 8.72. The third-order valence-electron chi connectivity index (χ3n) is 3.19. The van der Waals surface area contributed by atoms with Crippen molar-refractivity contribution >= 4 is 12.1 Å². The Balaban J connectivity index is 2.23. The lowest BCUT2D eigenvalue weighted by atomic mass is 9.89. The van der Waals surface area contributed by atoms with Crippen molar-refractivity contribution in [2.75, 3.05) is 0 Å². The van der Waals surface area contributed by atoms with E-state index in [0.717, 1.165) is 12.7 Å². The second-order valence-corrected chi connectivity index (χ2v) is 3.79. The molecule has 1 saturated carbocycles. The van der Waals surface area contributed by atoms with Gasteiger partial charge in [-0.15, -0.1) is 0 Å². The van der Waals surface area contributed by atoms with Gasteiger partial charge in [0, 0.05) is 11.8 Å². The van der Waals surface area contributed by atoms with E-state index in [9.17, 15) is 9.59 Å². The molecule has 12 heavy (non-hydrogen) atoms. The summed E-state index contributed by atoms with van der Waals surface area (Å²) in [7, 11) is 0. The standard InChI is InChI=1S/C10H12O2/c1-6(12)9-4-7-2-3-8(9)10(7)5-11/h2-3,5,7-10H,4H2,1H3/t7-,8+,9-,10-/m1/s1. The van der Waals surface area contributed by atoms with E-state index in [1.807, 2.05) is 6.08 Å². The van der Waals surface area contributed by atoms with Gasteiger partial charge >= 0.3 is 0 Å². The summed E-state index contributed by atoms with van der Waals surface area (Å²) < 4.78 is 0. The van der Waals surface area contributed by atoms with Crippen molar-refractivity contribution in [1.82, 2.24) is 0 Å². The first-order chi connectivity index (χ1) is 5.74. The van der Waals surface area contributed by atoms with Crippen LogP contribution < -0.4 is 0 Å². The molecule has 0 saturated heterocycles. The summed E-state index contributed by atoms with van der Waals surface area (Å²) in [5, 5.41) is 0. The Morgan fingerprint density at radius 1 is 1.50 bits per heavy atom. The maximum absolute atomic E-state index is 11.1. The number of fused-ring (bicyclic) bond motifs is 2. The quantitative estimate of drug-likeness (QED) is 0.454. The third kappa shape index (κ3) is 0.872. The maximum Gasteiger partial charge on any atom is 0.133 e. The first-order valence-corrected chi connectivity index (χ1v) is 4.38. The zero-order valence-electron chi connectivity index (χ0n) is 7.07. The highest BCUT2D eigenvalue weighted by Gasteiger charge is 2.46. The Morgan fingerprint density at radius 3 is 2.67 bits per heavy atom. The summed E-state index contributed by atoms with van der Waals surface area (Å²) in [6.45, 7) is 1.63. The minimum absolute atomic E-state index is 0.0962. The van der Waals surface area contributed by atoms with Crippen LogP contribution in [0.4, 0.5) is 0 Å². The van der Waals surface area contributed by atoms with Crippen LogP contribution in [-0.4, -0.2) is 12.1 Å². The molecule has 0 spiro atoms. The van der Waals surface area contributed by atoms with Crippen molar-refractivity contribution in [3.63, 3.8) is 0 Å². The van der Waals surface area contributed by atoms with E-state index in [1.54, 1.807) is 6.92 Å². The van der Waals surface area contributed by atoms with Crippen LogP contribution in [-0.2, 0) is 9.59 Å². The Kier molecular flexibility index (Phi) is 1.63. The predicted molar refractivity (Wildman–Crippen MR) is 44.5 cm³/mol. The van der Waals surface area contributed by atoms with Gasteiger partial charge in [-0.25, -0.2) is 0 Å². The van der Waals surface area contributed by atoms with Crippen LogP contribution >= 0.6 is 0 Å². The molecule has 2 nitrogen and oxygen atoms in total. The van der Waals surface area contributed by atoms with Crippen molar-refractivity contribution < 1.29 is 9.59 Å². The minimum atomic E-state index is 0.0962. The monoisotopic (exact) mass is 164 g/mol. The lowest BCUT2D eigenvalue weighted by Gasteiger charge is -2.14. The number of aldehydes is 1. The van der Waals surface area contributed by atoms with Crippen LogP contribution in [0.2, 0.25) is 0 Å². The average Bonchev–Trinajstić information content (AvgIpc) is 2.59. The first-order valence-electron chi connectivity index (χ1n) is 4.38. The maximum atomic E-state index is 11.1. The Morgan fingerprint density at radius 2 is 2.25 bits per heavy atom. The molecule has 4 atom stereocenters. The van der Waals surface area contributed by atoms with Crippen molar-refractivity contribution in [3.05, 3.63) is 12.2 Å². The molecular weight excluding hydrogens is 152 g/mol. The van der Waals surface area contributed by atoms with Crippen LogP contribution in [0.5, 0.6) is 0 Å². The fraction of sp³-hybridized carbons (Fsp3) is 0.600. The molecule has 0 amide bonds. The number of ketones is 1. The molecule has 2 bridgehead atoms. The molecule has 2 rings (SSSR count). The molecule has 0 unspecified atom stereocenters. The van der Waals surface area contributed by atoms with Gasteiger partial charge in [0.2, 0.25) is 0 Å². The number of Topliss-reactive ketones (excluding diaryl/α,β-unsaturated/α-hetero) is 1. The molecule has 2 aliphatic rings. The first kappa shape index (κ1) is 7.71. The Hall–Kier alpha value is -0.920. The van der Waals surface area contributed by atoms with Crippen LogP contribution in [0.3, 0.4) is 0 Å². The molecule has 0 aromatic rings. The minimum Gasteiger partial charge on any atom is -0.303 e. The topological polar surface area (TPSA) is 34.1 Å². The second kappa shape index (κ2) is 2.54. The highest BCUT2D eigenvalue weighted by Crippen LogP contribution is 2.47. The van der Waals surface area contributed by atoms with Crippen molar-refractivity contribution in [1.29, 1.82) is 0 Å². The highest BCUT2D eigenvalue weighted by molar-refractivity contribution is 5.81. The largest absolute Gasteiger partial charge is 0.303 e. The molecule has 2 heteroatoms. The van der Waals surface area contributed by atoms with Gasteiger partial charge in [0.15, 0.2) is 0 Å². The number of hydrogen-bond acceptors (Lipinski definition) is 2. The average molecular weight is 164 g/mol. The summed E-state index contributed by atoms with van der Waals surface area (Å²) in [4.78, 5) is 21.8. The van der Waals surface area contributed by atoms with Gasteiger partial charge in [-0.05, 0) is 25.2 Å². The number of hydrogen-bond donors (Lipinski definition) is 0. The van der Waals surface area contributed by atoms with Crippen LogP contribution in [0.15, 0.2) is 12.2 Å². The molecular formula is C10H12O2. The van der Waals surface area contributed by atoms with Gasteiger partial charge in [0.25, 0.3) is 0 Å². The van der Waals surface area contributed by atoms with E-state index in [1.165, 1.54) is 0 Å².